The number of rotatable bonds is 6. The number of ether oxygens (including phenoxy) is 2. The molecule has 0 aliphatic carbocycles. The van der Waals surface area contributed by atoms with Crippen molar-refractivity contribution in [1.82, 2.24) is 9.78 Å². The largest absolute Gasteiger partial charge is 0.497 e. The number of methoxy groups -OCH3 is 1. The molecule has 0 bridgehead atoms. The number of aromatic nitrogens is 2. The Bertz CT molecular complexity index is 890. The van der Waals surface area contributed by atoms with Gasteiger partial charge in [0.05, 0.1) is 12.8 Å². The summed E-state index contributed by atoms with van der Waals surface area (Å²) in [6.07, 6.45) is 1.18. The lowest BCUT2D eigenvalue weighted by atomic mass is 10.3. The van der Waals surface area contributed by atoms with Gasteiger partial charge in [0.1, 0.15) is 5.75 Å². The SMILES string of the molecule is COc1cccc(NC(=O)[C@H](C)Oc2nn(-c3ccccc3)cc2C)c1. The lowest BCUT2D eigenvalue weighted by molar-refractivity contribution is -0.122. The van der Waals surface area contributed by atoms with Crippen molar-refractivity contribution in [1.29, 1.82) is 0 Å². The Balaban J connectivity index is 1.68. The number of amides is 1. The zero-order valence-corrected chi connectivity index (χ0v) is 15.0. The average molecular weight is 351 g/mol. The molecule has 1 heterocycles. The Morgan fingerprint density at radius 2 is 1.92 bits per heavy atom. The molecule has 0 saturated carbocycles. The van der Waals surface area contributed by atoms with Crippen molar-refractivity contribution in [2.24, 2.45) is 0 Å². The molecule has 0 unspecified atom stereocenters. The van der Waals surface area contributed by atoms with Gasteiger partial charge in [-0.15, -0.1) is 5.10 Å². The number of carbonyl (C=O) groups excluding carboxylic acids is 1. The summed E-state index contributed by atoms with van der Waals surface area (Å²) in [6, 6.07) is 16.9. The Kier molecular flexibility index (Phi) is 5.22. The lowest BCUT2D eigenvalue weighted by Crippen LogP contribution is -2.30. The van der Waals surface area contributed by atoms with Gasteiger partial charge in [0.15, 0.2) is 6.10 Å². The van der Waals surface area contributed by atoms with E-state index in [-0.39, 0.29) is 5.91 Å². The van der Waals surface area contributed by atoms with E-state index in [0.29, 0.717) is 17.3 Å². The van der Waals surface area contributed by atoms with E-state index in [1.807, 2.05) is 55.6 Å². The van der Waals surface area contributed by atoms with Crippen LogP contribution in [0.2, 0.25) is 0 Å². The lowest BCUT2D eigenvalue weighted by Gasteiger charge is -2.14. The van der Waals surface area contributed by atoms with Gasteiger partial charge in [-0.2, -0.15) is 0 Å². The van der Waals surface area contributed by atoms with E-state index in [2.05, 4.69) is 10.4 Å². The molecule has 0 spiro atoms. The van der Waals surface area contributed by atoms with Crippen molar-refractivity contribution in [2.45, 2.75) is 20.0 Å². The number of nitrogens with zero attached hydrogens (tertiary/aromatic N) is 2. The topological polar surface area (TPSA) is 65.4 Å². The van der Waals surface area contributed by atoms with Crippen LogP contribution in [0.3, 0.4) is 0 Å². The second-order valence-corrected chi connectivity index (χ2v) is 5.88. The Hall–Kier alpha value is -3.28. The molecule has 3 aromatic rings. The van der Waals surface area contributed by atoms with Crippen LogP contribution in [0.25, 0.3) is 5.69 Å². The minimum Gasteiger partial charge on any atom is -0.497 e. The van der Waals surface area contributed by atoms with E-state index in [9.17, 15) is 4.79 Å². The zero-order valence-electron chi connectivity index (χ0n) is 15.0. The third-order valence-electron chi connectivity index (χ3n) is 3.87. The van der Waals surface area contributed by atoms with Crippen molar-refractivity contribution >= 4 is 11.6 Å². The van der Waals surface area contributed by atoms with Crippen molar-refractivity contribution in [3.63, 3.8) is 0 Å². The third kappa shape index (κ3) is 4.03. The van der Waals surface area contributed by atoms with Crippen LogP contribution in [-0.2, 0) is 4.79 Å². The van der Waals surface area contributed by atoms with Crippen LogP contribution in [0.5, 0.6) is 11.6 Å². The first-order valence-electron chi connectivity index (χ1n) is 8.30. The van der Waals surface area contributed by atoms with E-state index in [1.54, 1.807) is 30.8 Å². The average Bonchev–Trinajstić information content (AvgIpc) is 3.03. The smallest absolute Gasteiger partial charge is 0.265 e. The summed E-state index contributed by atoms with van der Waals surface area (Å²) in [6.45, 7) is 3.59. The molecule has 134 valence electrons. The van der Waals surface area contributed by atoms with Gasteiger partial charge in [-0.1, -0.05) is 24.3 Å². The number of hydrogen-bond donors (Lipinski definition) is 1. The van der Waals surface area contributed by atoms with Gasteiger partial charge in [-0.25, -0.2) is 4.68 Å². The molecular weight excluding hydrogens is 330 g/mol. The van der Waals surface area contributed by atoms with E-state index < -0.39 is 6.10 Å². The van der Waals surface area contributed by atoms with Gasteiger partial charge in [-0.3, -0.25) is 4.79 Å². The van der Waals surface area contributed by atoms with Crippen LogP contribution >= 0.6 is 0 Å². The number of aryl methyl sites for hydroxylation is 1. The Labute approximate surface area is 152 Å². The fraction of sp³-hybridized carbons (Fsp3) is 0.200. The molecule has 26 heavy (non-hydrogen) atoms. The minimum atomic E-state index is -0.695. The van der Waals surface area contributed by atoms with E-state index >= 15 is 0 Å². The number of benzene rings is 2. The fourth-order valence-electron chi connectivity index (χ4n) is 2.44. The number of para-hydroxylation sites is 1. The molecular formula is C20H21N3O3. The van der Waals surface area contributed by atoms with Crippen LogP contribution in [-0.4, -0.2) is 28.9 Å². The first kappa shape index (κ1) is 17.5. The third-order valence-corrected chi connectivity index (χ3v) is 3.87. The molecule has 1 atom stereocenters. The molecule has 1 amide bonds. The maximum absolute atomic E-state index is 12.4. The van der Waals surface area contributed by atoms with Gasteiger partial charge in [-0.05, 0) is 38.1 Å². The highest BCUT2D eigenvalue weighted by atomic mass is 16.5. The van der Waals surface area contributed by atoms with Crippen molar-refractivity contribution in [2.75, 3.05) is 12.4 Å². The van der Waals surface area contributed by atoms with Gasteiger partial charge < -0.3 is 14.8 Å². The van der Waals surface area contributed by atoms with E-state index in [1.165, 1.54) is 0 Å². The quantitative estimate of drug-likeness (QED) is 0.737. The highest BCUT2D eigenvalue weighted by molar-refractivity contribution is 5.94. The van der Waals surface area contributed by atoms with Gasteiger partial charge in [0.2, 0.25) is 5.88 Å². The Morgan fingerprint density at radius 1 is 1.15 bits per heavy atom. The van der Waals surface area contributed by atoms with Crippen molar-refractivity contribution in [3.05, 3.63) is 66.4 Å². The molecule has 2 aromatic carbocycles. The summed E-state index contributed by atoms with van der Waals surface area (Å²) in [5.41, 5.74) is 2.44. The summed E-state index contributed by atoms with van der Waals surface area (Å²) >= 11 is 0. The van der Waals surface area contributed by atoms with Crippen LogP contribution in [0.1, 0.15) is 12.5 Å². The van der Waals surface area contributed by atoms with E-state index in [4.69, 9.17) is 9.47 Å². The van der Waals surface area contributed by atoms with Gasteiger partial charge in [0.25, 0.3) is 5.91 Å². The molecule has 1 N–H and O–H groups in total. The normalized spacial score (nSPS) is 11.7. The molecule has 3 rings (SSSR count). The predicted octanol–water partition coefficient (Wildman–Crippen LogP) is 3.60. The molecule has 0 saturated heterocycles. The second kappa shape index (κ2) is 7.74. The van der Waals surface area contributed by atoms with E-state index in [0.717, 1.165) is 11.3 Å². The van der Waals surface area contributed by atoms with Crippen LogP contribution < -0.4 is 14.8 Å². The Morgan fingerprint density at radius 3 is 2.65 bits per heavy atom. The summed E-state index contributed by atoms with van der Waals surface area (Å²) in [4.78, 5) is 12.4. The summed E-state index contributed by atoms with van der Waals surface area (Å²) in [7, 11) is 1.58. The number of nitrogens with one attached hydrogen (secondary N) is 1. The second-order valence-electron chi connectivity index (χ2n) is 5.88. The molecule has 1 aromatic heterocycles. The van der Waals surface area contributed by atoms with Crippen LogP contribution in [0, 0.1) is 6.92 Å². The highest BCUT2D eigenvalue weighted by Gasteiger charge is 2.18. The minimum absolute atomic E-state index is 0.257. The number of hydrogen-bond acceptors (Lipinski definition) is 4. The molecule has 6 heteroatoms. The van der Waals surface area contributed by atoms with Crippen molar-refractivity contribution in [3.8, 4) is 17.3 Å². The molecule has 0 radical (unpaired) electrons. The monoisotopic (exact) mass is 351 g/mol. The maximum Gasteiger partial charge on any atom is 0.265 e. The molecule has 0 aliphatic rings. The first-order chi connectivity index (χ1) is 12.6. The van der Waals surface area contributed by atoms with Crippen molar-refractivity contribution < 1.29 is 14.3 Å². The maximum atomic E-state index is 12.4. The van der Waals surface area contributed by atoms with Gasteiger partial charge in [0, 0.05) is 23.5 Å². The summed E-state index contributed by atoms with van der Waals surface area (Å²) in [5, 5.41) is 7.25. The van der Waals surface area contributed by atoms with Crippen LogP contribution in [0.4, 0.5) is 5.69 Å². The number of anilines is 1. The summed E-state index contributed by atoms with van der Waals surface area (Å²) in [5.74, 6) is 0.850. The van der Waals surface area contributed by atoms with Gasteiger partial charge >= 0.3 is 0 Å². The molecule has 0 aliphatic heterocycles. The number of carbonyl (C=O) groups is 1. The summed E-state index contributed by atoms with van der Waals surface area (Å²) < 4.78 is 12.7. The fourth-order valence-corrected chi connectivity index (χ4v) is 2.44. The first-order valence-corrected chi connectivity index (χ1v) is 8.30. The van der Waals surface area contributed by atoms with Crippen LogP contribution in [0.15, 0.2) is 60.8 Å². The highest BCUT2D eigenvalue weighted by Crippen LogP contribution is 2.20. The zero-order chi connectivity index (χ0) is 18.5. The molecule has 6 nitrogen and oxygen atoms in total. The predicted molar refractivity (Wildman–Crippen MR) is 100 cm³/mol. The standard InChI is InChI=1S/C20H21N3O3/c1-14-13-23(17-9-5-4-6-10-17)22-20(14)26-15(2)19(24)21-16-8-7-11-18(12-16)25-3/h4-13,15H,1-3H3,(H,21,24)/t15-/m0/s1. The molecule has 0 fully saturated rings.